The number of hydroxylamine groups is 2. The molecule has 3 rings (SSSR count). The normalized spacial score (nSPS) is 22.4. The van der Waals surface area contributed by atoms with Crippen LogP contribution in [0.3, 0.4) is 0 Å². The van der Waals surface area contributed by atoms with Crippen molar-refractivity contribution in [3.63, 3.8) is 0 Å². The molecular weight excluding hydrogens is 316 g/mol. The van der Waals surface area contributed by atoms with Gasteiger partial charge in [-0.15, -0.1) is 0 Å². The Morgan fingerprint density at radius 1 is 1.21 bits per heavy atom. The highest BCUT2D eigenvalue weighted by Crippen LogP contribution is 2.30. The molecule has 0 spiro atoms. The van der Waals surface area contributed by atoms with Gasteiger partial charge in [-0.25, -0.2) is 15.0 Å². The first-order valence-electron chi connectivity index (χ1n) is 7.61. The monoisotopic (exact) mass is 334 g/mol. The lowest BCUT2D eigenvalue weighted by Crippen LogP contribution is -2.53. The van der Waals surface area contributed by atoms with E-state index in [2.05, 4.69) is 5.43 Å². The van der Waals surface area contributed by atoms with Gasteiger partial charge in [-0.3, -0.25) is 15.1 Å². The molecule has 0 radical (unpaired) electrons. The second-order valence-corrected chi connectivity index (χ2v) is 5.69. The number of hydrogen-bond acceptors (Lipinski definition) is 4. The number of amides is 4. The number of nitrogens with one attached hydrogen (secondary N) is 2. The van der Waals surface area contributed by atoms with Crippen LogP contribution in [0.25, 0.3) is 0 Å². The molecular formula is C15H18N4O5. The van der Waals surface area contributed by atoms with Crippen molar-refractivity contribution < 1.29 is 24.3 Å². The number of nitrogens with zero attached hydrogens (tertiary/aromatic N) is 2. The summed E-state index contributed by atoms with van der Waals surface area (Å²) in [7, 11) is 0. The van der Waals surface area contributed by atoms with Crippen LogP contribution in [-0.2, 0) is 16.2 Å². The van der Waals surface area contributed by atoms with Crippen LogP contribution in [0.1, 0.15) is 18.4 Å². The number of carbonyl (C=O) groups is 3. The van der Waals surface area contributed by atoms with Crippen LogP contribution in [0, 0.1) is 0 Å². The molecule has 3 N–H and O–H groups in total. The van der Waals surface area contributed by atoms with Crippen LogP contribution in [0.2, 0.25) is 0 Å². The number of carbonyl (C=O) groups excluding carboxylic acids is 2. The van der Waals surface area contributed by atoms with Crippen molar-refractivity contribution >= 4 is 18.0 Å². The molecule has 128 valence electrons. The van der Waals surface area contributed by atoms with Crippen molar-refractivity contribution in [3.05, 3.63) is 35.9 Å². The number of carboxylic acid groups (broad SMARTS) is 1. The second kappa shape index (κ2) is 6.75. The van der Waals surface area contributed by atoms with E-state index in [9.17, 15) is 14.4 Å². The van der Waals surface area contributed by atoms with E-state index < -0.39 is 18.0 Å². The molecule has 1 aromatic rings. The minimum absolute atomic E-state index is 0.0994. The molecule has 2 aliphatic rings. The Bertz CT molecular complexity index is 638. The molecule has 0 aromatic heterocycles. The fourth-order valence-corrected chi connectivity index (χ4v) is 2.99. The first-order chi connectivity index (χ1) is 11.6. The van der Waals surface area contributed by atoms with E-state index in [1.807, 2.05) is 35.8 Å². The summed E-state index contributed by atoms with van der Waals surface area (Å²) in [5.41, 5.74) is 4.84. The van der Waals surface area contributed by atoms with E-state index in [-0.39, 0.29) is 18.7 Å². The number of rotatable bonds is 4. The van der Waals surface area contributed by atoms with Gasteiger partial charge in [0, 0.05) is 6.54 Å². The van der Waals surface area contributed by atoms with Crippen LogP contribution < -0.4 is 10.9 Å². The third-order valence-corrected chi connectivity index (χ3v) is 4.13. The van der Waals surface area contributed by atoms with Gasteiger partial charge in [-0.1, -0.05) is 30.3 Å². The van der Waals surface area contributed by atoms with Crippen molar-refractivity contribution in [1.29, 1.82) is 0 Å². The van der Waals surface area contributed by atoms with Gasteiger partial charge < -0.3 is 10.0 Å². The highest BCUT2D eigenvalue weighted by molar-refractivity contribution is 5.89. The zero-order chi connectivity index (χ0) is 17.1. The Hall–Kier alpha value is -2.81. The van der Waals surface area contributed by atoms with E-state index in [1.54, 1.807) is 0 Å². The van der Waals surface area contributed by atoms with E-state index in [0.717, 1.165) is 5.56 Å². The van der Waals surface area contributed by atoms with Gasteiger partial charge in [0.2, 0.25) is 0 Å². The first kappa shape index (κ1) is 16.1. The Balaban J connectivity index is 1.60. The summed E-state index contributed by atoms with van der Waals surface area (Å²) in [4.78, 5) is 42.0. The maximum atomic E-state index is 12.5. The molecule has 4 amide bonds. The zero-order valence-electron chi connectivity index (χ0n) is 12.8. The fraction of sp³-hybridized carbons (Fsp3) is 0.400. The van der Waals surface area contributed by atoms with Crippen LogP contribution in [0.5, 0.6) is 0 Å². The minimum atomic E-state index is -1.36. The third-order valence-electron chi connectivity index (χ3n) is 4.13. The predicted molar refractivity (Wildman–Crippen MR) is 81.3 cm³/mol. The maximum absolute atomic E-state index is 12.5. The minimum Gasteiger partial charge on any atom is -0.464 e. The summed E-state index contributed by atoms with van der Waals surface area (Å²) < 4.78 is 0. The summed E-state index contributed by atoms with van der Waals surface area (Å²) in [6, 6.07) is 8.32. The molecule has 24 heavy (non-hydrogen) atoms. The van der Waals surface area contributed by atoms with Crippen molar-refractivity contribution in [2.75, 3.05) is 6.54 Å². The fourth-order valence-electron chi connectivity index (χ4n) is 2.99. The average molecular weight is 334 g/mol. The highest BCUT2D eigenvalue weighted by atomic mass is 16.7. The molecule has 2 unspecified atom stereocenters. The molecule has 2 atom stereocenters. The lowest BCUT2D eigenvalue weighted by molar-refractivity contribution is -0.140. The second-order valence-electron chi connectivity index (χ2n) is 5.69. The molecule has 2 fully saturated rings. The SMILES string of the molecule is O=C(O)NNC(=O)C1CCC2CN1C(=O)N2OCc1ccccc1. The van der Waals surface area contributed by atoms with Gasteiger partial charge >= 0.3 is 12.1 Å². The Labute approximate surface area is 138 Å². The molecule has 2 bridgehead atoms. The Morgan fingerprint density at radius 2 is 1.96 bits per heavy atom. The molecule has 9 nitrogen and oxygen atoms in total. The average Bonchev–Trinajstić information content (AvgIpc) is 2.83. The quantitative estimate of drug-likeness (QED) is 0.701. The van der Waals surface area contributed by atoms with E-state index >= 15 is 0 Å². The number of benzene rings is 1. The lowest BCUT2D eigenvalue weighted by atomic mass is 10.0. The molecule has 1 aromatic carbocycles. The van der Waals surface area contributed by atoms with Crippen molar-refractivity contribution in [3.8, 4) is 0 Å². The number of fused-ring (bicyclic) bond motifs is 2. The van der Waals surface area contributed by atoms with Gasteiger partial charge in [-0.2, -0.15) is 5.06 Å². The van der Waals surface area contributed by atoms with Crippen molar-refractivity contribution in [1.82, 2.24) is 20.8 Å². The van der Waals surface area contributed by atoms with Gasteiger partial charge in [-0.05, 0) is 18.4 Å². The molecule has 2 aliphatic heterocycles. The molecule has 9 heteroatoms. The number of hydrogen-bond donors (Lipinski definition) is 3. The van der Waals surface area contributed by atoms with E-state index in [4.69, 9.17) is 9.94 Å². The smallest absolute Gasteiger partial charge is 0.423 e. The predicted octanol–water partition coefficient (Wildman–Crippen LogP) is 0.686. The third kappa shape index (κ3) is 3.25. The van der Waals surface area contributed by atoms with Gasteiger partial charge in [0.05, 0.1) is 6.04 Å². The number of urea groups is 1. The summed E-state index contributed by atoms with van der Waals surface area (Å²) in [5.74, 6) is -0.547. The largest absolute Gasteiger partial charge is 0.464 e. The zero-order valence-corrected chi connectivity index (χ0v) is 12.8. The maximum Gasteiger partial charge on any atom is 0.423 e. The van der Waals surface area contributed by atoms with Crippen molar-refractivity contribution in [2.24, 2.45) is 0 Å². The lowest BCUT2D eigenvalue weighted by Gasteiger charge is -2.28. The molecule has 2 saturated heterocycles. The van der Waals surface area contributed by atoms with Crippen molar-refractivity contribution in [2.45, 2.75) is 31.5 Å². The molecule has 0 aliphatic carbocycles. The number of hydrazine groups is 1. The summed E-state index contributed by atoms with van der Waals surface area (Å²) in [5, 5.41) is 9.85. The topological polar surface area (TPSA) is 111 Å². The van der Waals surface area contributed by atoms with Crippen LogP contribution >= 0.6 is 0 Å². The molecule has 2 heterocycles. The molecule has 0 saturated carbocycles. The van der Waals surface area contributed by atoms with Gasteiger partial charge in [0.1, 0.15) is 12.6 Å². The van der Waals surface area contributed by atoms with Crippen LogP contribution in [0.15, 0.2) is 30.3 Å². The number of piperidine rings is 1. The van der Waals surface area contributed by atoms with Crippen LogP contribution in [-0.4, -0.2) is 51.7 Å². The summed E-state index contributed by atoms with van der Waals surface area (Å²) >= 11 is 0. The highest BCUT2D eigenvalue weighted by Gasteiger charge is 2.47. The Kier molecular flexibility index (Phi) is 4.52. The van der Waals surface area contributed by atoms with E-state index in [1.165, 1.54) is 9.96 Å². The van der Waals surface area contributed by atoms with E-state index in [0.29, 0.717) is 19.4 Å². The van der Waals surface area contributed by atoms with Crippen LogP contribution in [0.4, 0.5) is 9.59 Å². The Morgan fingerprint density at radius 3 is 2.67 bits per heavy atom. The van der Waals surface area contributed by atoms with Gasteiger partial charge in [0.15, 0.2) is 0 Å². The standard InChI is InChI=1S/C15H18N4O5/c20-13(16-17-14(21)22)12-7-6-11-8-18(12)15(23)19(11)24-9-10-4-2-1-3-5-10/h1-5,11-12,17H,6-9H2,(H,16,20)(H,21,22). The summed E-state index contributed by atoms with van der Waals surface area (Å²) in [6.07, 6.45) is -0.297. The summed E-state index contributed by atoms with van der Waals surface area (Å²) in [6.45, 7) is 0.660. The first-order valence-corrected chi connectivity index (χ1v) is 7.61. The van der Waals surface area contributed by atoms with Gasteiger partial charge in [0.25, 0.3) is 5.91 Å².